The van der Waals surface area contributed by atoms with Gasteiger partial charge in [0.2, 0.25) is 17.7 Å². The summed E-state index contributed by atoms with van der Waals surface area (Å²) in [5.41, 5.74) is 7.93. The molecule has 2 atom stereocenters. The van der Waals surface area contributed by atoms with Gasteiger partial charge in [-0.2, -0.15) is 0 Å². The number of ether oxygens (including phenoxy) is 1. The number of amides is 4. The Morgan fingerprint density at radius 2 is 1.68 bits per heavy atom. The van der Waals surface area contributed by atoms with Crippen LogP contribution in [0.4, 0.5) is 4.79 Å². The number of rotatable bonds is 11. The number of benzene rings is 2. The minimum atomic E-state index is -1.12. The summed E-state index contributed by atoms with van der Waals surface area (Å²) < 4.78 is 5.34. The zero-order valence-corrected chi connectivity index (χ0v) is 23.2. The number of nitrogens with zero attached hydrogens (tertiary/aromatic N) is 1. The van der Waals surface area contributed by atoms with E-state index >= 15 is 0 Å². The van der Waals surface area contributed by atoms with Crippen LogP contribution in [-0.2, 0) is 25.7 Å². The van der Waals surface area contributed by atoms with Crippen molar-refractivity contribution in [1.29, 1.82) is 0 Å². The fraction of sp³-hybridized carbons (Fsp3) is 0.448. The minimum absolute atomic E-state index is 0.0327. The zero-order valence-electron chi connectivity index (χ0n) is 23.2. The highest BCUT2D eigenvalue weighted by molar-refractivity contribution is 5.92. The number of carbonyl (C=O) groups is 4. The number of aryl methyl sites for hydroxylation is 2. The molecule has 4 N–H and O–H groups in total. The van der Waals surface area contributed by atoms with E-state index in [1.165, 1.54) is 4.90 Å². The van der Waals surface area contributed by atoms with Crippen molar-refractivity contribution in [3.05, 3.63) is 70.8 Å². The van der Waals surface area contributed by atoms with Gasteiger partial charge in [-0.3, -0.25) is 14.4 Å². The molecule has 0 fully saturated rings. The number of primary amides is 1. The Labute approximate surface area is 225 Å². The van der Waals surface area contributed by atoms with Crippen molar-refractivity contribution in [2.45, 2.75) is 78.6 Å². The third kappa shape index (κ3) is 9.21. The van der Waals surface area contributed by atoms with Gasteiger partial charge >= 0.3 is 6.09 Å². The van der Waals surface area contributed by atoms with Crippen LogP contribution < -0.4 is 16.4 Å². The van der Waals surface area contributed by atoms with Crippen LogP contribution in [0.2, 0.25) is 0 Å². The third-order valence-electron chi connectivity index (χ3n) is 5.89. The summed E-state index contributed by atoms with van der Waals surface area (Å²) in [6.45, 7) is 11.1. The van der Waals surface area contributed by atoms with Gasteiger partial charge in [-0.15, -0.1) is 0 Å². The molecule has 0 heterocycles. The van der Waals surface area contributed by atoms with Crippen molar-refractivity contribution in [1.82, 2.24) is 15.5 Å². The molecular weight excluding hydrogens is 484 g/mol. The zero-order chi connectivity index (χ0) is 28.5. The van der Waals surface area contributed by atoms with Crippen LogP contribution in [0.3, 0.4) is 0 Å². The fourth-order valence-corrected chi connectivity index (χ4v) is 4.05. The summed E-state index contributed by atoms with van der Waals surface area (Å²) in [5.74, 6) is -1.48. The maximum Gasteiger partial charge on any atom is 0.408 e. The Morgan fingerprint density at radius 1 is 1.03 bits per heavy atom. The maximum atomic E-state index is 13.9. The van der Waals surface area contributed by atoms with Gasteiger partial charge in [0.05, 0.1) is 0 Å². The monoisotopic (exact) mass is 524 g/mol. The van der Waals surface area contributed by atoms with Crippen molar-refractivity contribution < 1.29 is 23.9 Å². The molecule has 4 amide bonds. The van der Waals surface area contributed by atoms with Gasteiger partial charge in [0.1, 0.15) is 17.7 Å². The Morgan fingerprint density at radius 3 is 2.26 bits per heavy atom. The lowest BCUT2D eigenvalue weighted by atomic mass is 9.95. The van der Waals surface area contributed by atoms with Crippen LogP contribution in [0.25, 0.3) is 0 Å². The second-order valence-corrected chi connectivity index (χ2v) is 10.3. The lowest BCUT2D eigenvalue weighted by molar-refractivity contribution is -0.142. The van der Waals surface area contributed by atoms with Crippen molar-refractivity contribution in [3.63, 3.8) is 0 Å². The normalized spacial score (nSPS) is 12.7. The summed E-state index contributed by atoms with van der Waals surface area (Å²) in [5, 5.41) is 5.54. The number of hydrogen-bond acceptors (Lipinski definition) is 5. The van der Waals surface area contributed by atoms with Crippen LogP contribution >= 0.6 is 0 Å². The highest BCUT2D eigenvalue weighted by Crippen LogP contribution is 2.27. The highest BCUT2D eigenvalue weighted by atomic mass is 16.6. The predicted molar refractivity (Wildman–Crippen MR) is 146 cm³/mol. The number of carbonyl (C=O) groups excluding carboxylic acids is 4. The lowest BCUT2D eigenvalue weighted by Gasteiger charge is -2.34. The molecule has 206 valence electrons. The summed E-state index contributed by atoms with van der Waals surface area (Å²) >= 11 is 0. The first-order chi connectivity index (χ1) is 17.8. The SMILES string of the molecule is CCN(C(=O)C(CCC(N)=O)NC(=O)OC(C)(C)C)C(C(=O)NCc1ccccc1)c1cc(C)ccc1C. The predicted octanol–water partition coefficient (Wildman–Crippen LogP) is 3.67. The number of nitrogens with one attached hydrogen (secondary N) is 2. The second-order valence-electron chi connectivity index (χ2n) is 10.3. The van der Waals surface area contributed by atoms with Crippen LogP contribution in [0, 0.1) is 13.8 Å². The maximum absolute atomic E-state index is 13.9. The van der Waals surface area contributed by atoms with E-state index < -0.39 is 35.6 Å². The van der Waals surface area contributed by atoms with Crippen LogP contribution in [0.5, 0.6) is 0 Å². The number of nitrogens with two attached hydrogens (primary N) is 1. The van der Waals surface area contributed by atoms with E-state index in [2.05, 4.69) is 10.6 Å². The van der Waals surface area contributed by atoms with E-state index in [4.69, 9.17) is 10.5 Å². The smallest absolute Gasteiger partial charge is 0.408 e. The molecule has 0 spiro atoms. The van der Waals surface area contributed by atoms with Gasteiger partial charge in [-0.05, 0) is 64.7 Å². The van der Waals surface area contributed by atoms with E-state index in [9.17, 15) is 19.2 Å². The Bertz CT molecular complexity index is 1130. The largest absolute Gasteiger partial charge is 0.444 e. The standard InChI is InChI=1S/C29H40N4O5/c1-7-33(27(36)23(15-16-24(30)34)32-28(37)38-29(4,5)6)25(22-17-19(2)13-14-20(22)3)26(35)31-18-21-11-9-8-10-12-21/h8-14,17,23,25H,7,15-16,18H2,1-6H3,(H2,30,34)(H,31,35)(H,32,37). The molecule has 9 heteroatoms. The molecule has 0 radical (unpaired) electrons. The van der Waals surface area contributed by atoms with Crippen LogP contribution in [-0.4, -0.2) is 46.9 Å². The van der Waals surface area contributed by atoms with Crippen molar-refractivity contribution in [2.24, 2.45) is 5.73 Å². The molecule has 0 aliphatic rings. The molecule has 0 saturated carbocycles. The van der Waals surface area contributed by atoms with Gasteiger partial charge in [0.25, 0.3) is 0 Å². The molecule has 38 heavy (non-hydrogen) atoms. The summed E-state index contributed by atoms with van der Waals surface area (Å²) in [4.78, 5) is 53.1. The van der Waals surface area contributed by atoms with Gasteiger partial charge in [-0.25, -0.2) is 4.79 Å². The molecule has 2 aromatic carbocycles. The first kappa shape index (κ1) is 30.3. The third-order valence-corrected chi connectivity index (χ3v) is 5.89. The lowest BCUT2D eigenvalue weighted by Crippen LogP contribution is -2.53. The second kappa shape index (κ2) is 13.6. The molecule has 0 saturated heterocycles. The van der Waals surface area contributed by atoms with Gasteiger partial charge in [-0.1, -0.05) is 54.1 Å². The average Bonchev–Trinajstić information content (AvgIpc) is 2.84. The van der Waals surface area contributed by atoms with Crippen molar-refractivity contribution in [2.75, 3.05) is 6.54 Å². The topological polar surface area (TPSA) is 131 Å². The molecule has 2 rings (SSSR count). The van der Waals surface area contributed by atoms with Gasteiger partial charge in [0, 0.05) is 19.5 Å². The highest BCUT2D eigenvalue weighted by Gasteiger charge is 2.36. The molecule has 0 aliphatic carbocycles. The van der Waals surface area contributed by atoms with Gasteiger partial charge in [0.15, 0.2) is 0 Å². The van der Waals surface area contributed by atoms with E-state index in [0.717, 1.165) is 16.7 Å². The van der Waals surface area contributed by atoms with Crippen molar-refractivity contribution >= 4 is 23.8 Å². The molecule has 0 bridgehead atoms. The molecule has 9 nitrogen and oxygen atoms in total. The molecular formula is C29H40N4O5. The Hall–Kier alpha value is -3.88. The molecule has 0 aromatic heterocycles. The number of hydrogen-bond donors (Lipinski definition) is 3. The first-order valence-corrected chi connectivity index (χ1v) is 12.8. The fourth-order valence-electron chi connectivity index (χ4n) is 4.05. The van der Waals surface area contributed by atoms with E-state index in [1.807, 2.05) is 62.4 Å². The van der Waals surface area contributed by atoms with Crippen LogP contribution in [0.15, 0.2) is 48.5 Å². The quantitative estimate of drug-likeness (QED) is 0.413. The molecule has 2 unspecified atom stereocenters. The molecule has 2 aromatic rings. The first-order valence-electron chi connectivity index (χ1n) is 12.8. The number of likely N-dealkylation sites (N-methyl/N-ethyl adjacent to an activating group) is 1. The van der Waals surface area contributed by atoms with E-state index in [0.29, 0.717) is 5.56 Å². The van der Waals surface area contributed by atoms with Crippen molar-refractivity contribution in [3.8, 4) is 0 Å². The van der Waals surface area contributed by atoms with E-state index in [-0.39, 0.29) is 31.8 Å². The van der Waals surface area contributed by atoms with E-state index in [1.54, 1.807) is 27.7 Å². The van der Waals surface area contributed by atoms with Crippen LogP contribution in [0.1, 0.15) is 68.8 Å². The minimum Gasteiger partial charge on any atom is -0.444 e. The molecule has 0 aliphatic heterocycles. The summed E-state index contributed by atoms with van der Waals surface area (Å²) in [7, 11) is 0. The number of alkyl carbamates (subject to hydrolysis) is 1. The average molecular weight is 525 g/mol. The summed E-state index contributed by atoms with van der Waals surface area (Å²) in [6.07, 6.45) is -0.958. The van der Waals surface area contributed by atoms with Gasteiger partial charge < -0.3 is 26.0 Å². The Balaban J connectivity index is 2.44. The summed E-state index contributed by atoms with van der Waals surface area (Å²) in [6, 6.07) is 13.1. The Kier molecular flexibility index (Phi) is 10.9.